The van der Waals surface area contributed by atoms with Crippen LogP contribution in [0.25, 0.3) is 0 Å². The van der Waals surface area contributed by atoms with Crippen molar-refractivity contribution in [1.29, 1.82) is 5.26 Å². The van der Waals surface area contributed by atoms with Crippen molar-refractivity contribution in [1.82, 2.24) is 5.32 Å². The molecule has 6 heteroatoms. The molecule has 0 heterocycles. The first-order chi connectivity index (χ1) is 11.4. The van der Waals surface area contributed by atoms with Gasteiger partial charge in [0.05, 0.1) is 11.6 Å². The molecule has 0 aromatic heterocycles. The third-order valence-corrected chi connectivity index (χ3v) is 4.03. The fourth-order valence-corrected chi connectivity index (χ4v) is 2.74. The van der Waals surface area contributed by atoms with Gasteiger partial charge in [-0.3, -0.25) is 4.79 Å². The van der Waals surface area contributed by atoms with E-state index in [0.29, 0.717) is 21.4 Å². The van der Waals surface area contributed by atoms with E-state index in [4.69, 9.17) is 33.2 Å². The molecule has 4 nitrogen and oxygen atoms in total. The molecule has 1 N–H and O–H groups in total. The van der Waals surface area contributed by atoms with Gasteiger partial charge in [0.2, 0.25) is 0 Å². The summed E-state index contributed by atoms with van der Waals surface area (Å²) in [6, 6.07) is 13.6. The number of amides is 1. The van der Waals surface area contributed by atoms with Gasteiger partial charge in [-0.1, -0.05) is 41.4 Å². The monoisotopic (exact) mass is 362 g/mol. The van der Waals surface area contributed by atoms with E-state index < -0.39 is 6.10 Å². The van der Waals surface area contributed by atoms with Crippen LogP contribution in [-0.2, 0) is 4.79 Å². The van der Waals surface area contributed by atoms with Crippen LogP contribution in [0.4, 0.5) is 0 Å². The van der Waals surface area contributed by atoms with Gasteiger partial charge in [-0.15, -0.1) is 0 Å². The smallest absolute Gasteiger partial charge is 0.261 e. The van der Waals surface area contributed by atoms with Crippen molar-refractivity contribution >= 4 is 29.1 Å². The van der Waals surface area contributed by atoms with Crippen LogP contribution in [0.3, 0.4) is 0 Å². The third-order valence-electron chi connectivity index (χ3n) is 3.47. The molecule has 0 unspecified atom stereocenters. The summed E-state index contributed by atoms with van der Waals surface area (Å²) in [5.74, 6) is 0.0705. The number of nitrogens with zero attached hydrogens (tertiary/aromatic N) is 1. The molecular formula is C18H16Cl2N2O2. The molecule has 0 spiro atoms. The number of carbonyl (C=O) groups is 1. The van der Waals surface area contributed by atoms with Crippen molar-refractivity contribution in [2.24, 2.45) is 0 Å². The number of rotatable bonds is 5. The van der Waals surface area contributed by atoms with E-state index in [-0.39, 0.29) is 11.9 Å². The highest BCUT2D eigenvalue weighted by molar-refractivity contribution is 6.35. The lowest BCUT2D eigenvalue weighted by molar-refractivity contribution is -0.127. The maximum absolute atomic E-state index is 12.3. The van der Waals surface area contributed by atoms with E-state index in [2.05, 4.69) is 5.32 Å². The lowest BCUT2D eigenvalue weighted by atomic mass is 10.1. The number of carbonyl (C=O) groups excluding carboxylic acids is 1. The lowest BCUT2D eigenvalue weighted by Crippen LogP contribution is -2.38. The van der Waals surface area contributed by atoms with Crippen LogP contribution in [-0.4, -0.2) is 12.0 Å². The molecule has 2 aromatic rings. The Morgan fingerprint density at radius 1 is 1.21 bits per heavy atom. The van der Waals surface area contributed by atoms with Crippen molar-refractivity contribution in [3.63, 3.8) is 0 Å². The van der Waals surface area contributed by atoms with Crippen LogP contribution in [0.1, 0.15) is 31.0 Å². The Labute approximate surface area is 151 Å². The molecule has 0 radical (unpaired) electrons. The van der Waals surface area contributed by atoms with Crippen molar-refractivity contribution in [2.45, 2.75) is 26.0 Å². The molecular weight excluding hydrogens is 347 g/mol. The number of hydrogen-bond acceptors (Lipinski definition) is 3. The van der Waals surface area contributed by atoms with Gasteiger partial charge in [0.1, 0.15) is 11.8 Å². The van der Waals surface area contributed by atoms with Crippen LogP contribution in [0.15, 0.2) is 42.5 Å². The summed E-state index contributed by atoms with van der Waals surface area (Å²) in [7, 11) is 0. The van der Waals surface area contributed by atoms with E-state index in [1.165, 1.54) is 0 Å². The maximum Gasteiger partial charge on any atom is 0.261 e. The summed E-state index contributed by atoms with van der Waals surface area (Å²) in [5, 5.41) is 12.9. The average molecular weight is 363 g/mol. The third kappa shape index (κ3) is 4.41. The minimum atomic E-state index is -0.756. The van der Waals surface area contributed by atoms with Gasteiger partial charge in [-0.2, -0.15) is 5.26 Å². The standard InChI is InChI=1S/C18H16Cl2N2O2/c1-11(15-8-7-14(19)9-16(15)20)22-18(23)12(2)24-17-6-4-3-5-13(17)10-21/h3-9,11-12H,1-2H3,(H,22,23)/t11-,12+/m1/s1. The molecule has 0 saturated heterocycles. The van der Waals surface area contributed by atoms with Crippen LogP contribution in [0, 0.1) is 11.3 Å². The predicted molar refractivity (Wildman–Crippen MR) is 94.3 cm³/mol. The second-order valence-electron chi connectivity index (χ2n) is 5.26. The molecule has 0 aliphatic rings. The molecule has 24 heavy (non-hydrogen) atoms. The highest BCUT2D eigenvalue weighted by Crippen LogP contribution is 2.26. The Balaban J connectivity index is 2.04. The molecule has 0 fully saturated rings. The molecule has 2 rings (SSSR count). The van der Waals surface area contributed by atoms with Crippen LogP contribution in [0.5, 0.6) is 5.75 Å². The summed E-state index contributed by atoms with van der Waals surface area (Å²) < 4.78 is 5.60. The Kier molecular flexibility index (Phi) is 6.08. The highest BCUT2D eigenvalue weighted by Gasteiger charge is 2.20. The first kappa shape index (κ1) is 18.1. The highest BCUT2D eigenvalue weighted by atomic mass is 35.5. The molecule has 2 aromatic carbocycles. The van der Waals surface area contributed by atoms with Gasteiger partial charge in [0.25, 0.3) is 5.91 Å². The van der Waals surface area contributed by atoms with E-state index in [0.717, 1.165) is 5.56 Å². The summed E-state index contributed by atoms with van der Waals surface area (Å²) >= 11 is 12.0. The predicted octanol–water partition coefficient (Wildman–Crippen LogP) is 4.51. The Morgan fingerprint density at radius 2 is 1.92 bits per heavy atom. The minimum Gasteiger partial charge on any atom is -0.480 e. The molecule has 0 aliphatic carbocycles. The molecule has 0 aliphatic heterocycles. The number of para-hydroxylation sites is 1. The maximum atomic E-state index is 12.3. The van der Waals surface area contributed by atoms with Gasteiger partial charge in [0.15, 0.2) is 6.10 Å². The molecule has 1 amide bonds. The topological polar surface area (TPSA) is 62.1 Å². The van der Waals surface area contributed by atoms with E-state index >= 15 is 0 Å². The summed E-state index contributed by atoms with van der Waals surface area (Å²) in [6.45, 7) is 3.45. The second-order valence-corrected chi connectivity index (χ2v) is 6.11. The summed E-state index contributed by atoms with van der Waals surface area (Å²) in [5.41, 5.74) is 1.14. The fraction of sp³-hybridized carbons (Fsp3) is 0.222. The lowest BCUT2D eigenvalue weighted by Gasteiger charge is -2.20. The fourth-order valence-electron chi connectivity index (χ4n) is 2.17. The van der Waals surface area contributed by atoms with Crippen LogP contribution in [0.2, 0.25) is 10.0 Å². The summed E-state index contributed by atoms with van der Waals surface area (Å²) in [6.07, 6.45) is -0.756. The van der Waals surface area contributed by atoms with E-state index in [9.17, 15) is 4.79 Å². The number of benzene rings is 2. The van der Waals surface area contributed by atoms with E-state index in [1.54, 1.807) is 49.4 Å². The Morgan fingerprint density at radius 3 is 2.58 bits per heavy atom. The van der Waals surface area contributed by atoms with Gasteiger partial charge >= 0.3 is 0 Å². The SMILES string of the molecule is C[C@H](Oc1ccccc1C#N)C(=O)N[C@H](C)c1ccc(Cl)cc1Cl. The zero-order valence-electron chi connectivity index (χ0n) is 13.2. The van der Waals surface area contributed by atoms with E-state index in [1.807, 2.05) is 13.0 Å². The summed E-state index contributed by atoms with van der Waals surface area (Å²) in [4.78, 5) is 12.3. The Hall–Kier alpha value is -2.22. The number of nitrogens with one attached hydrogen (secondary N) is 1. The van der Waals surface area contributed by atoms with Crippen molar-refractivity contribution < 1.29 is 9.53 Å². The van der Waals surface area contributed by atoms with Gasteiger partial charge < -0.3 is 10.1 Å². The number of ether oxygens (including phenoxy) is 1. The first-order valence-corrected chi connectivity index (χ1v) is 8.09. The Bertz CT molecular complexity index is 787. The van der Waals surface area contributed by atoms with Crippen LogP contribution < -0.4 is 10.1 Å². The first-order valence-electron chi connectivity index (χ1n) is 7.33. The number of hydrogen-bond donors (Lipinski definition) is 1. The van der Waals surface area contributed by atoms with Crippen molar-refractivity contribution in [3.8, 4) is 11.8 Å². The quantitative estimate of drug-likeness (QED) is 0.850. The zero-order valence-corrected chi connectivity index (χ0v) is 14.7. The van der Waals surface area contributed by atoms with Gasteiger partial charge in [-0.25, -0.2) is 0 Å². The number of nitriles is 1. The van der Waals surface area contributed by atoms with Crippen molar-refractivity contribution in [2.75, 3.05) is 0 Å². The normalized spacial score (nSPS) is 12.8. The van der Waals surface area contributed by atoms with Gasteiger partial charge in [-0.05, 0) is 43.7 Å². The minimum absolute atomic E-state index is 0.304. The number of halogens is 2. The van der Waals surface area contributed by atoms with Crippen LogP contribution >= 0.6 is 23.2 Å². The van der Waals surface area contributed by atoms with Crippen molar-refractivity contribution in [3.05, 3.63) is 63.6 Å². The molecule has 0 saturated carbocycles. The van der Waals surface area contributed by atoms with Gasteiger partial charge in [0, 0.05) is 10.0 Å². The average Bonchev–Trinajstić information content (AvgIpc) is 2.55. The molecule has 0 bridgehead atoms. The molecule has 2 atom stereocenters. The molecule has 124 valence electrons. The largest absolute Gasteiger partial charge is 0.480 e. The second kappa shape index (κ2) is 8.05. The zero-order chi connectivity index (χ0) is 17.7.